The Morgan fingerprint density at radius 1 is 1.06 bits per heavy atom. The molecule has 2 aromatic carbocycles. The minimum Gasteiger partial charge on any atom is -0.454 e. The number of hydrogen-bond acceptors (Lipinski definition) is 6. The van der Waals surface area contributed by atoms with Crippen LogP contribution in [0.5, 0.6) is 0 Å². The molecule has 3 aromatic rings. The van der Waals surface area contributed by atoms with Gasteiger partial charge in [0.25, 0.3) is 11.8 Å². The minimum absolute atomic E-state index is 0.0791. The second-order valence-corrected chi connectivity index (χ2v) is 9.08. The molecule has 2 heterocycles. The number of benzene rings is 2. The molecule has 1 fully saturated rings. The summed E-state index contributed by atoms with van der Waals surface area (Å²) in [4.78, 5) is 44.5. The molecule has 176 valence electrons. The van der Waals surface area contributed by atoms with Gasteiger partial charge in [0.1, 0.15) is 12.4 Å². The van der Waals surface area contributed by atoms with Gasteiger partial charge in [-0.2, -0.15) is 0 Å². The molecule has 1 saturated carbocycles. The van der Waals surface area contributed by atoms with Crippen molar-refractivity contribution < 1.29 is 24.2 Å². The van der Waals surface area contributed by atoms with Crippen molar-refractivity contribution in [2.75, 3.05) is 6.61 Å². The SMILES string of the molecule is O=C(OCc1nc2ccc(Cl)cc2n1CCO)c1ccc2c(c1)C(=O)N(C1CCCCC1)C2=O. The highest BCUT2D eigenvalue weighted by Gasteiger charge is 2.40. The zero-order valence-corrected chi connectivity index (χ0v) is 19.3. The maximum absolute atomic E-state index is 13.0. The fraction of sp³-hybridized carbons (Fsp3) is 0.360. The number of imidazole rings is 1. The third kappa shape index (κ3) is 3.97. The Morgan fingerprint density at radius 2 is 1.82 bits per heavy atom. The first-order valence-corrected chi connectivity index (χ1v) is 11.8. The molecule has 0 radical (unpaired) electrons. The van der Waals surface area contributed by atoms with Gasteiger partial charge in [0.15, 0.2) is 0 Å². The van der Waals surface area contributed by atoms with Crippen molar-refractivity contribution >= 4 is 40.4 Å². The van der Waals surface area contributed by atoms with E-state index in [-0.39, 0.29) is 48.7 Å². The number of hydrogen-bond donors (Lipinski definition) is 1. The quantitative estimate of drug-likeness (QED) is 0.422. The van der Waals surface area contributed by atoms with Gasteiger partial charge in [-0.25, -0.2) is 9.78 Å². The fourth-order valence-electron chi connectivity index (χ4n) is 4.88. The summed E-state index contributed by atoms with van der Waals surface area (Å²) < 4.78 is 7.23. The van der Waals surface area contributed by atoms with Crippen molar-refractivity contribution in [3.63, 3.8) is 0 Å². The van der Waals surface area contributed by atoms with E-state index in [1.165, 1.54) is 23.1 Å². The molecular weight excluding hydrogens is 458 g/mol. The van der Waals surface area contributed by atoms with Gasteiger partial charge in [-0.15, -0.1) is 0 Å². The lowest BCUT2D eigenvalue weighted by atomic mass is 9.94. The van der Waals surface area contributed by atoms with Crippen LogP contribution in [0.25, 0.3) is 11.0 Å². The van der Waals surface area contributed by atoms with Crippen LogP contribution in [-0.4, -0.2) is 50.0 Å². The minimum atomic E-state index is -0.625. The van der Waals surface area contributed by atoms with E-state index in [1.807, 2.05) is 0 Å². The maximum atomic E-state index is 13.0. The first-order chi connectivity index (χ1) is 16.5. The van der Waals surface area contributed by atoms with Crippen LogP contribution in [0.4, 0.5) is 0 Å². The largest absolute Gasteiger partial charge is 0.454 e. The third-order valence-electron chi connectivity index (χ3n) is 6.54. The number of nitrogens with zero attached hydrogens (tertiary/aromatic N) is 3. The van der Waals surface area contributed by atoms with E-state index in [2.05, 4.69) is 4.98 Å². The number of fused-ring (bicyclic) bond motifs is 2. The monoisotopic (exact) mass is 481 g/mol. The van der Waals surface area contributed by atoms with Crippen LogP contribution >= 0.6 is 11.6 Å². The number of carbonyl (C=O) groups is 3. The van der Waals surface area contributed by atoms with Gasteiger partial charge < -0.3 is 14.4 Å². The van der Waals surface area contributed by atoms with Gasteiger partial charge in [0.05, 0.1) is 34.3 Å². The van der Waals surface area contributed by atoms with Crippen molar-refractivity contribution in [1.29, 1.82) is 0 Å². The predicted octanol–water partition coefficient (Wildman–Crippen LogP) is 3.97. The summed E-state index contributed by atoms with van der Waals surface area (Å²) >= 11 is 6.09. The summed E-state index contributed by atoms with van der Waals surface area (Å²) in [6, 6.07) is 9.62. The van der Waals surface area contributed by atoms with Gasteiger partial charge >= 0.3 is 5.97 Å². The second-order valence-electron chi connectivity index (χ2n) is 8.64. The number of carbonyl (C=O) groups excluding carboxylic acids is 3. The molecule has 8 nitrogen and oxygen atoms in total. The van der Waals surface area contributed by atoms with Crippen LogP contribution in [0.3, 0.4) is 0 Å². The van der Waals surface area contributed by atoms with Gasteiger partial charge in [-0.1, -0.05) is 30.9 Å². The van der Waals surface area contributed by atoms with Gasteiger partial charge in [0, 0.05) is 17.6 Å². The highest BCUT2D eigenvalue weighted by molar-refractivity contribution is 6.31. The molecule has 0 saturated heterocycles. The molecule has 2 amide bonds. The van der Waals surface area contributed by atoms with Crippen molar-refractivity contribution in [3.8, 4) is 0 Å². The van der Waals surface area contributed by atoms with E-state index >= 15 is 0 Å². The number of esters is 1. The average molecular weight is 482 g/mol. The first kappa shape index (κ1) is 22.6. The number of amides is 2. The normalized spacial score (nSPS) is 16.4. The zero-order valence-electron chi connectivity index (χ0n) is 18.5. The number of aromatic nitrogens is 2. The summed E-state index contributed by atoms with van der Waals surface area (Å²) in [5, 5.41) is 9.98. The highest BCUT2D eigenvalue weighted by atomic mass is 35.5. The molecule has 1 aliphatic heterocycles. The second kappa shape index (κ2) is 9.19. The van der Waals surface area contributed by atoms with Crippen LogP contribution in [-0.2, 0) is 17.9 Å². The van der Waals surface area contributed by atoms with Gasteiger partial charge in [0.2, 0.25) is 0 Å². The standard InChI is InChI=1S/C25H24ClN3O5/c26-16-7-9-20-21(13-16)28(10-11-30)22(27-20)14-34-25(33)15-6-8-18-19(12-15)24(32)29(23(18)31)17-4-2-1-3-5-17/h6-9,12-13,17,30H,1-5,10-11,14H2. The lowest BCUT2D eigenvalue weighted by molar-refractivity contribution is 0.0457. The van der Waals surface area contributed by atoms with Crippen LogP contribution < -0.4 is 0 Å². The van der Waals surface area contributed by atoms with E-state index in [0.29, 0.717) is 21.9 Å². The number of imide groups is 1. The summed E-state index contributed by atoms with van der Waals surface area (Å²) in [5.41, 5.74) is 2.17. The first-order valence-electron chi connectivity index (χ1n) is 11.4. The molecule has 1 aliphatic carbocycles. The number of aliphatic hydroxyl groups is 1. The van der Waals surface area contributed by atoms with Crippen LogP contribution in [0, 0.1) is 0 Å². The van der Waals surface area contributed by atoms with Gasteiger partial charge in [-0.05, 0) is 49.2 Å². The summed E-state index contributed by atoms with van der Waals surface area (Å²) in [6.07, 6.45) is 4.77. The van der Waals surface area contributed by atoms with E-state index in [1.54, 1.807) is 22.8 Å². The Labute approximate surface area is 201 Å². The third-order valence-corrected chi connectivity index (χ3v) is 6.77. The lowest BCUT2D eigenvalue weighted by Crippen LogP contribution is -2.40. The molecule has 0 bridgehead atoms. The Balaban J connectivity index is 1.34. The molecule has 1 N–H and O–H groups in total. The number of ether oxygens (including phenoxy) is 1. The molecular formula is C25H24ClN3O5. The van der Waals surface area contributed by atoms with Crippen molar-refractivity contribution in [2.24, 2.45) is 0 Å². The van der Waals surface area contributed by atoms with Crippen molar-refractivity contribution in [3.05, 3.63) is 63.9 Å². The number of halogens is 1. The molecule has 2 aliphatic rings. The van der Waals surface area contributed by atoms with Crippen LogP contribution in [0.1, 0.15) is 69.0 Å². The lowest BCUT2D eigenvalue weighted by Gasteiger charge is -2.29. The summed E-state index contributed by atoms with van der Waals surface area (Å²) in [5.74, 6) is -0.790. The van der Waals surface area contributed by atoms with Gasteiger partial charge in [-0.3, -0.25) is 14.5 Å². The van der Waals surface area contributed by atoms with Crippen molar-refractivity contribution in [1.82, 2.24) is 14.5 Å². The predicted molar refractivity (Wildman–Crippen MR) is 125 cm³/mol. The summed E-state index contributed by atoms with van der Waals surface area (Å²) in [7, 11) is 0. The molecule has 0 spiro atoms. The Kier molecular flexibility index (Phi) is 6.10. The van der Waals surface area contributed by atoms with E-state index in [0.717, 1.165) is 37.6 Å². The van der Waals surface area contributed by atoms with Crippen LogP contribution in [0.15, 0.2) is 36.4 Å². The molecule has 0 atom stereocenters. The summed E-state index contributed by atoms with van der Waals surface area (Å²) in [6.45, 7) is 0.0385. The Morgan fingerprint density at radius 3 is 2.59 bits per heavy atom. The maximum Gasteiger partial charge on any atom is 0.338 e. The van der Waals surface area contributed by atoms with Crippen molar-refractivity contribution in [2.45, 2.75) is 51.3 Å². The van der Waals surface area contributed by atoms with Crippen LogP contribution in [0.2, 0.25) is 5.02 Å². The fourth-order valence-corrected chi connectivity index (χ4v) is 5.04. The van der Waals surface area contributed by atoms with E-state index in [9.17, 15) is 19.5 Å². The smallest absolute Gasteiger partial charge is 0.338 e. The average Bonchev–Trinajstić information content (AvgIpc) is 3.31. The number of rotatable bonds is 6. The zero-order chi connectivity index (χ0) is 23.8. The van der Waals surface area contributed by atoms with E-state index in [4.69, 9.17) is 16.3 Å². The Bertz CT molecular complexity index is 1300. The number of aliphatic hydroxyl groups excluding tert-OH is 1. The highest BCUT2D eigenvalue weighted by Crippen LogP contribution is 2.31. The Hall–Kier alpha value is -3.23. The topological polar surface area (TPSA) is 102 Å². The molecule has 0 unspecified atom stereocenters. The van der Waals surface area contributed by atoms with E-state index < -0.39 is 5.97 Å². The molecule has 5 rings (SSSR count). The molecule has 9 heteroatoms. The molecule has 34 heavy (non-hydrogen) atoms. The molecule has 1 aromatic heterocycles.